The van der Waals surface area contributed by atoms with Gasteiger partial charge in [-0.1, -0.05) is 173 Å². The Morgan fingerprint density at radius 1 is 0.398 bits per heavy atom. The Balaban J connectivity index is 0.000000408. The molecule has 0 bridgehead atoms. The number of amides is 4. The SMILES string of the molecule is CC(C)C(CC(=O)[C@@H](C)C(C)C)B1OC(C)(C)C(C)(C)O1.CC(C)[C@H](C)C(=O)C[C@@H](C(=O)ON1C(=O)c2ccccc2C1=O)C(C)C.CC(C)[C@H](C)C(=O)C[C@H](C(=O)O)C(C)C.CC(C)[C@H](C)C(=O)C[C@H](C(=O)ON1C(=O)c2ccccc2C1=O)C(C)C. The molecule has 4 amide bonds. The smallest absolute Gasteiger partial charge is 0.461 e. The molecule has 0 radical (unpaired) electrons. The summed E-state index contributed by atoms with van der Waals surface area (Å²) in [5.41, 5.74) is 0.147. The summed E-state index contributed by atoms with van der Waals surface area (Å²) >= 11 is 0. The molecular formula is C69H105BN2O16. The lowest BCUT2D eigenvalue weighted by molar-refractivity contribution is -0.176. The van der Waals surface area contributed by atoms with Crippen LogP contribution in [-0.4, -0.2) is 98.2 Å². The number of ketones is 4. The fraction of sp³-hybridized carbons (Fsp3) is 0.667. The molecule has 3 heterocycles. The number of hydroxylamine groups is 4. The van der Waals surface area contributed by atoms with E-state index in [0.29, 0.717) is 34.2 Å². The van der Waals surface area contributed by atoms with E-state index in [1.54, 1.807) is 24.3 Å². The second-order valence-corrected chi connectivity index (χ2v) is 28.0. The minimum atomic E-state index is -0.866. The summed E-state index contributed by atoms with van der Waals surface area (Å²) in [6.45, 7) is 46.9. The van der Waals surface area contributed by atoms with E-state index in [0.717, 1.165) is 0 Å². The van der Waals surface area contributed by atoms with Crippen molar-refractivity contribution in [3.8, 4) is 0 Å². The molecule has 18 nitrogen and oxygen atoms in total. The normalized spacial score (nSPS) is 17.8. The van der Waals surface area contributed by atoms with Gasteiger partial charge in [-0.2, -0.15) is 0 Å². The first-order valence-electron chi connectivity index (χ1n) is 31.5. The van der Waals surface area contributed by atoms with Gasteiger partial charge in [0.15, 0.2) is 0 Å². The Bertz CT molecular complexity index is 2580. The maximum Gasteiger partial charge on any atom is 0.461 e. The van der Waals surface area contributed by atoms with Gasteiger partial charge in [-0.15, -0.1) is 0 Å². The molecular weight excluding hydrogens is 1120 g/mol. The van der Waals surface area contributed by atoms with Crippen LogP contribution in [0.4, 0.5) is 0 Å². The third kappa shape index (κ3) is 20.7. The minimum absolute atomic E-state index is 0.00538. The predicted octanol–water partition coefficient (Wildman–Crippen LogP) is 13.5. The number of hydrogen-bond acceptors (Lipinski definition) is 15. The molecule has 490 valence electrons. The number of imide groups is 2. The summed E-state index contributed by atoms with van der Waals surface area (Å²) in [5, 5.41) is 9.96. The lowest BCUT2D eigenvalue weighted by atomic mass is 9.62. The van der Waals surface area contributed by atoms with Crippen LogP contribution in [0.1, 0.15) is 233 Å². The van der Waals surface area contributed by atoms with E-state index in [2.05, 4.69) is 55.4 Å². The van der Waals surface area contributed by atoms with Crippen LogP contribution < -0.4 is 0 Å². The number of carbonyl (C=O) groups is 11. The molecule has 0 spiro atoms. The zero-order valence-corrected chi connectivity index (χ0v) is 57.2. The van der Waals surface area contributed by atoms with Crippen LogP contribution in [0.5, 0.6) is 0 Å². The van der Waals surface area contributed by atoms with Gasteiger partial charge < -0.3 is 24.1 Å². The third-order valence-electron chi connectivity index (χ3n) is 18.4. The van der Waals surface area contributed by atoms with Crippen LogP contribution >= 0.6 is 0 Å². The van der Waals surface area contributed by atoms with E-state index in [4.69, 9.17) is 24.1 Å². The predicted molar refractivity (Wildman–Crippen MR) is 338 cm³/mol. The van der Waals surface area contributed by atoms with E-state index in [9.17, 15) is 52.7 Å². The lowest BCUT2D eigenvalue weighted by Crippen LogP contribution is -2.41. The fourth-order valence-electron chi connectivity index (χ4n) is 9.43. The highest BCUT2D eigenvalue weighted by molar-refractivity contribution is 6.48. The first-order valence-corrected chi connectivity index (χ1v) is 31.5. The number of hydrogen-bond donors (Lipinski definition) is 1. The summed E-state index contributed by atoms with van der Waals surface area (Å²) in [6, 6.07) is 12.6. The molecule has 1 unspecified atom stereocenters. The topological polar surface area (TPSA) is 251 Å². The maximum absolute atomic E-state index is 12.6. The van der Waals surface area contributed by atoms with Crippen LogP contribution in [0.15, 0.2) is 48.5 Å². The molecule has 19 heteroatoms. The van der Waals surface area contributed by atoms with Gasteiger partial charge in [0, 0.05) is 55.2 Å². The molecule has 2 aromatic carbocycles. The number of benzene rings is 2. The highest BCUT2D eigenvalue weighted by Crippen LogP contribution is 2.43. The van der Waals surface area contributed by atoms with E-state index >= 15 is 0 Å². The van der Waals surface area contributed by atoms with E-state index in [1.165, 1.54) is 24.3 Å². The second kappa shape index (κ2) is 33.6. The van der Waals surface area contributed by atoms with Crippen molar-refractivity contribution < 1.29 is 76.8 Å². The van der Waals surface area contributed by atoms with Crippen molar-refractivity contribution in [1.29, 1.82) is 0 Å². The van der Waals surface area contributed by atoms with Crippen LogP contribution in [0.3, 0.4) is 0 Å². The number of carbonyl (C=O) groups excluding carboxylic acids is 10. The Morgan fingerprint density at radius 3 is 0.852 bits per heavy atom. The van der Waals surface area contributed by atoms with Crippen LogP contribution in [-0.2, 0) is 52.5 Å². The van der Waals surface area contributed by atoms with Crippen molar-refractivity contribution >= 4 is 71.8 Å². The Labute approximate surface area is 525 Å². The van der Waals surface area contributed by atoms with Crippen molar-refractivity contribution in [2.75, 3.05) is 0 Å². The van der Waals surface area contributed by atoms with Gasteiger partial charge in [0.2, 0.25) is 0 Å². The van der Waals surface area contributed by atoms with Crippen LogP contribution in [0.25, 0.3) is 0 Å². The average molecular weight is 1230 g/mol. The summed E-state index contributed by atoms with van der Waals surface area (Å²) in [4.78, 5) is 145. The summed E-state index contributed by atoms with van der Waals surface area (Å²) in [7, 11) is -0.293. The Kier molecular flexibility index (Phi) is 29.7. The number of nitrogens with zero attached hydrogens (tertiary/aromatic N) is 2. The third-order valence-corrected chi connectivity index (χ3v) is 18.4. The largest absolute Gasteiger partial charge is 0.481 e. The highest BCUT2D eigenvalue weighted by atomic mass is 16.7. The molecule has 5 rings (SSSR count). The quantitative estimate of drug-likeness (QED) is 0.0679. The number of fused-ring (bicyclic) bond motifs is 2. The molecule has 1 saturated heterocycles. The molecule has 0 saturated carbocycles. The zero-order chi connectivity index (χ0) is 67.9. The molecule has 2 aromatic rings. The monoisotopic (exact) mass is 1230 g/mol. The number of rotatable bonds is 26. The van der Waals surface area contributed by atoms with Crippen LogP contribution in [0, 0.1) is 88.8 Å². The highest BCUT2D eigenvalue weighted by Gasteiger charge is 2.54. The standard InChI is InChI=1S/2C20H25NO5.C17H33BO3.C12H22O3/c2*1-11(2)13(5)17(22)10-16(12(3)4)20(25)26-21-18(23)14-8-6-7-9-15(14)19(21)24;1-11(2)13(5)15(19)10-14(12(3)4)18-20-16(6,7)17(8,9)21-18;1-7(2)9(5)11(13)6-10(8(3)4)12(14)15/h2*6-9,11-13,16H,10H2,1-5H3;11-14H,10H2,1-9H3;7-10H,6H2,1-5H3,(H,14,15)/t13-,16+;13-,16-;13-,14?;9-,10-/m0000/s1. The second-order valence-electron chi connectivity index (χ2n) is 28.0. The van der Waals surface area contributed by atoms with Gasteiger partial charge in [-0.25, -0.2) is 9.59 Å². The molecule has 0 aliphatic carbocycles. The molecule has 3 aliphatic rings. The van der Waals surface area contributed by atoms with Gasteiger partial charge in [0.25, 0.3) is 23.6 Å². The molecule has 88 heavy (non-hydrogen) atoms. The van der Waals surface area contributed by atoms with E-state index in [-0.39, 0.29) is 142 Å². The van der Waals surface area contributed by atoms with Gasteiger partial charge >= 0.3 is 25.0 Å². The number of aliphatic carboxylic acids is 1. The van der Waals surface area contributed by atoms with E-state index < -0.39 is 59.3 Å². The Hall–Kier alpha value is -6.21. The summed E-state index contributed by atoms with van der Waals surface area (Å²) in [5.74, 6) is -5.83. The molecule has 1 fully saturated rings. The molecule has 1 N–H and O–H groups in total. The Morgan fingerprint density at radius 2 is 0.636 bits per heavy atom. The number of carboxylic acid groups (broad SMARTS) is 1. The van der Waals surface area contributed by atoms with Crippen molar-refractivity contribution in [2.45, 2.75) is 209 Å². The van der Waals surface area contributed by atoms with Gasteiger partial charge in [0.1, 0.15) is 23.1 Å². The van der Waals surface area contributed by atoms with Crippen molar-refractivity contribution in [3.05, 3.63) is 70.8 Å². The summed E-state index contributed by atoms with van der Waals surface area (Å²) in [6.07, 6.45) is 0.748. The van der Waals surface area contributed by atoms with Crippen molar-refractivity contribution in [1.82, 2.24) is 10.1 Å². The maximum atomic E-state index is 12.6. The number of carboxylic acids is 1. The fourth-order valence-corrected chi connectivity index (χ4v) is 9.43. The average Bonchev–Trinajstić information content (AvgIpc) is 1.91. The molecule has 3 aliphatic heterocycles. The minimum Gasteiger partial charge on any atom is -0.481 e. The van der Waals surface area contributed by atoms with Gasteiger partial charge in [-0.05, 0) is 99.3 Å². The molecule has 0 aromatic heterocycles. The summed E-state index contributed by atoms with van der Waals surface area (Å²) < 4.78 is 12.3. The molecule has 8 atom stereocenters. The lowest BCUT2D eigenvalue weighted by Gasteiger charge is -2.32. The first kappa shape index (κ1) is 77.9. The van der Waals surface area contributed by atoms with Crippen molar-refractivity contribution in [2.24, 2.45) is 88.8 Å². The van der Waals surface area contributed by atoms with E-state index in [1.807, 2.05) is 111 Å². The van der Waals surface area contributed by atoms with Crippen LogP contribution in [0.2, 0.25) is 5.82 Å². The first-order chi connectivity index (χ1) is 40.4. The van der Waals surface area contributed by atoms with Gasteiger partial charge in [-0.3, -0.25) is 43.2 Å². The zero-order valence-electron chi connectivity index (χ0n) is 57.2. The van der Waals surface area contributed by atoms with Crippen molar-refractivity contribution in [3.63, 3.8) is 0 Å². The van der Waals surface area contributed by atoms with Gasteiger partial charge in [0.05, 0.1) is 51.2 Å². The number of Topliss-reactive ketones (excluding diaryl/α,β-unsaturated/α-hetero) is 4.